The van der Waals surface area contributed by atoms with Crippen LogP contribution in [0.15, 0.2) is 48.5 Å². The normalized spacial score (nSPS) is 13.0. The second-order valence-electron chi connectivity index (χ2n) is 6.11. The number of benzene rings is 2. The summed E-state index contributed by atoms with van der Waals surface area (Å²) in [6, 6.07) is 15.8. The Labute approximate surface area is 127 Å². The Morgan fingerprint density at radius 2 is 1.43 bits per heavy atom. The van der Waals surface area contributed by atoms with Crippen molar-refractivity contribution in [2.45, 2.75) is 45.6 Å². The van der Waals surface area contributed by atoms with Crippen molar-refractivity contribution in [3.63, 3.8) is 0 Å². The fraction of sp³-hybridized carbons (Fsp3) is 0.368. The smallest absolute Gasteiger partial charge is 0.127 e. The maximum Gasteiger partial charge on any atom is 0.127 e. The van der Waals surface area contributed by atoms with Crippen molar-refractivity contribution in [3.05, 3.63) is 59.7 Å². The molecule has 0 aromatic heterocycles. The van der Waals surface area contributed by atoms with E-state index in [0.29, 0.717) is 0 Å². The van der Waals surface area contributed by atoms with Crippen LogP contribution in [0.2, 0.25) is 0 Å². The van der Waals surface area contributed by atoms with Crippen LogP contribution in [0, 0.1) is 0 Å². The quantitative estimate of drug-likeness (QED) is 0.815. The Balaban J connectivity index is 2.10. The van der Waals surface area contributed by atoms with E-state index in [2.05, 4.69) is 32.9 Å². The first-order chi connectivity index (χ1) is 9.92. The van der Waals surface area contributed by atoms with Crippen LogP contribution in [0.3, 0.4) is 0 Å². The predicted octanol–water partition coefficient (Wildman–Crippen LogP) is 5.22. The van der Waals surface area contributed by atoms with Crippen LogP contribution >= 0.6 is 0 Å². The van der Waals surface area contributed by atoms with Gasteiger partial charge in [-0.15, -0.1) is 0 Å². The molecule has 0 aliphatic heterocycles. The highest BCUT2D eigenvalue weighted by molar-refractivity contribution is 5.36. The molecule has 0 saturated heterocycles. The van der Waals surface area contributed by atoms with Crippen molar-refractivity contribution in [1.29, 1.82) is 0 Å². The van der Waals surface area contributed by atoms with Crippen molar-refractivity contribution in [1.82, 2.24) is 0 Å². The summed E-state index contributed by atoms with van der Waals surface area (Å²) < 4.78 is 5.83. The molecule has 2 nitrogen and oxygen atoms in total. The van der Waals surface area contributed by atoms with Crippen molar-refractivity contribution in [3.8, 4) is 11.5 Å². The van der Waals surface area contributed by atoms with E-state index in [0.717, 1.165) is 23.5 Å². The lowest BCUT2D eigenvalue weighted by Crippen LogP contribution is -2.14. The molecule has 0 heterocycles. The molecule has 0 bridgehead atoms. The Kier molecular flexibility index (Phi) is 4.69. The summed E-state index contributed by atoms with van der Waals surface area (Å²) in [5.41, 5.74) is 2.40. The molecular weight excluding hydrogens is 260 g/mol. The predicted molar refractivity (Wildman–Crippen MR) is 86.9 cm³/mol. The average Bonchev–Trinajstić information content (AvgIpc) is 2.48. The molecule has 21 heavy (non-hydrogen) atoms. The van der Waals surface area contributed by atoms with Gasteiger partial charge in [0.25, 0.3) is 0 Å². The topological polar surface area (TPSA) is 29.5 Å². The van der Waals surface area contributed by atoms with Gasteiger partial charge < -0.3 is 9.84 Å². The molecule has 0 radical (unpaired) electrons. The summed E-state index contributed by atoms with van der Waals surface area (Å²) in [4.78, 5) is 0. The molecule has 2 heteroatoms. The van der Waals surface area contributed by atoms with E-state index in [9.17, 15) is 5.11 Å². The van der Waals surface area contributed by atoms with Crippen molar-refractivity contribution in [2.75, 3.05) is 0 Å². The summed E-state index contributed by atoms with van der Waals surface area (Å²) in [6.45, 7) is 8.45. The zero-order chi connectivity index (χ0) is 15.5. The standard InChI is InChI=1S/C19H24O2/c1-5-19(3,4)16-8-12-18(13-9-16)21-17-10-6-15(7-11-17)14(2)20/h6-14,20H,5H2,1-4H3/t14-/m0/s1. The molecule has 0 amide bonds. The van der Waals surface area contributed by atoms with E-state index in [1.54, 1.807) is 6.92 Å². The maximum absolute atomic E-state index is 9.49. The molecule has 0 spiro atoms. The Bertz CT molecular complexity index is 566. The maximum atomic E-state index is 9.49. The third-order valence-corrected chi connectivity index (χ3v) is 4.12. The Morgan fingerprint density at radius 3 is 1.86 bits per heavy atom. The van der Waals surface area contributed by atoms with E-state index in [1.807, 2.05) is 36.4 Å². The Morgan fingerprint density at radius 1 is 0.952 bits per heavy atom. The van der Waals surface area contributed by atoms with Gasteiger partial charge in [0, 0.05) is 0 Å². The largest absolute Gasteiger partial charge is 0.457 e. The number of hydrogen-bond acceptors (Lipinski definition) is 2. The molecule has 0 aliphatic rings. The minimum atomic E-state index is -0.449. The average molecular weight is 284 g/mol. The lowest BCUT2D eigenvalue weighted by Gasteiger charge is -2.23. The third kappa shape index (κ3) is 3.85. The first kappa shape index (κ1) is 15.6. The van der Waals surface area contributed by atoms with Gasteiger partial charge in [-0.2, -0.15) is 0 Å². The van der Waals surface area contributed by atoms with Crippen LogP contribution < -0.4 is 4.74 Å². The molecule has 0 unspecified atom stereocenters. The summed E-state index contributed by atoms with van der Waals surface area (Å²) >= 11 is 0. The number of ether oxygens (including phenoxy) is 1. The van der Waals surface area contributed by atoms with Crippen LogP contribution in [-0.4, -0.2) is 5.11 Å². The summed E-state index contributed by atoms with van der Waals surface area (Å²) in [7, 11) is 0. The van der Waals surface area contributed by atoms with E-state index in [1.165, 1.54) is 5.56 Å². The summed E-state index contributed by atoms with van der Waals surface area (Å²) in [6.07, 6.45) is 0.656. The van der Waals surface area contributed by atoms with Crippen molar-refractivity contribution < 1.29 is 9.84 Å². The minimum Gasteiger partial charge on any atom is -0.457 e. The monoisotopic (exact) mass is 284 g/mol. The van der Waals surface area contributed by atoms with Crippen LogP contribution in [0.5, 0.6) is 11.5 Å². The van der Waals surface area contributed by atoms with Gasteiger partial charge >= 0.3 is 0 Å². The van der Waals surface area contributed by atoms with E-state index < -0.39 is 6.10 Å². The van der Waals surface area contributed by atoms with Gasteiger partial charge in [0.2, 0.25) is 0 Å². The van der Waals surface area contributed by atoms with Gasteiger partial charge in [0.15, 0.2) is 0 Å². The van der Waals surface area contributed by atoms with Gasteiger partial charge in [-0.3, -0.25) is 0 Å². The van der Waals surface area contributed by atoms with Gasteiger partial charge in [-0.25, -0.2) is 0 Å². The minimum absolute atomic E-state index is 0.192. The number of aliphatic hydroxyl groups excluding tert-OH is 1. The van der Waals surface area contributed by atoms with E-state index in [-0.39, 0.29) is 5.41 Å². The first-order valence-corrected chi connectivity index (χ1v) is 7.49. The molecule has 2 aromatic rings. The summed E-state index contributed by atoms with van der Waals surface area (Å²) in [5, 5.41) is 9.49. The SMILES string of the molecule is CCC(C)(C)c1ccc(Oc2ccc([C@H](C)O)cc2)cc1. The number of hydrogen-bond donors (Lipinski definition) is 1. The lowest BCUT2D eigenvalue weighted by molar-refractivity contribution is 0.199. The highest BCUT2D eigenvalue weighted by atomic mass is 16.5. The Hall–Kier alpha value is -1.80. The molecule has 2 aromatic carbocycles. The van der Waals surface area contributed by atoms with Crippen molar-refractivity contribution in [2.24, 2.45) is 0 Å². The van der Waals surface area contributed by atoms with Crippen LogP contribution in [0.4, 0.5) is 0 Å². The van der Waals surface area contributed by atoms with Gasteiger partial charge in [-0.1, -0.05) is 45.0 Å². The molecule has 0 saturated carbocycles. The second kappa shape index (κ2) is 6.31. The van der Waals surface area contributed by atoms with E-state index >= 15 is 0 Å². The third-order valence-electron chi connectivity index (χ3n) is 4.12. The molecule has 112 valence electrons. The summed E-state index contributed by atoms with van der Waals surface area (Å²) in [5.74, 6) is 1.61. The van der Waals surface area contributed by atoms with Crippen LogP contribution in [0.25, 0.3) is 0 Å². The van der Waals surface area contributed by atoms with Gasteiger partial charge in [0.1, 0.15) is 11.5 Å². The fourth-order valence-corrected chi connectivity index (χ4v) is 2.13. The number of aliphatic hydroxyl groups is 1. The molecular formula is C19H24O2. The van der Waals surface area contributed by atoms with E-state index in [4.69, 9.17) is 4.74 Å². The highest BCUT2D eigenvalue weighted by Crippen LogP contribution is 2.29. The molecule has 2 rings (SSSR count). The first-order valence-electron chi connectivity index (χ1n) is 7.49. The van der Waals surface area contributed by atoms with Gasteiger partial charge in [-0.05, 0) is 54.2 Å². The van der Waals surface area contributed by atoms with Crippen molar-refractivity contribution >= 4 is 0 Å². The van der Waals surface area contributed by atoms with Gasteiger partial charge in [0.05, 0.1) is 6.10 Å². The number of rotatable bonds is 5. The van der Waals surface area contributed by atoms with Crippen LogP contribution in [-0.2, 0) is 5.41 Å². The lowest BCUT2D eigenvalue weighted by atomic mass is 9.82. The highest BCUT2D eigenvalue weighted by Gasteiger charge is 2.17. The fourth-order valence-electron chi connectivity index (χ4n) is 2.13. The van der Waals surface area contributed by atoms with Crippen LogP contribution in [0.1, 0.15) is 51.3 Å². The molecule has 0 fully saturated rings. The molecule has 1 N–H and O–H groups in total. The zero-order valence-electron chi connectivity index (χ0n) is 13.3. The molecule has 1 atom stereocenters. The molecule has 0 aliphatic carbocycles. The zero-order valence-corrected chi connectivity index (χ0v) is 13.3. The second-order valence-corrected chi connectivity index (χ2v) is 6.11.